The van der Waals surface area contributed by atoms with Crippen molar-refractivity contribution in [2.45, 2.75) is 46.1 Å². The molecular formula is C15H26ClN. The summed E-state index contributed by atoms with van der Waals surface area (Å²) < 4.78 is 0. The van der Waals surface area contributed by atoms with Crippen LogP contribution in [0.25, 0.3) is 0 Å². The predicted octanol–water partition coefficient (Wildman–Crippen LogP) is -0.0296. The van der Waals surface area contributed by atoms with Crippen molar-refractivity contribution in [3.63, 3.8) is 0 Å². The molecule has 0 aliphatic heterocycles. The van der Waals surface area contributed by atoms with Gasteiger partial charge < -0.3 is 17.7 Å². The first-order chi connectivity index (χ1) is 7.86. The number of quaternary nitrogens is 1. The maximum atomic E-state index is 2.46. The molecule has 0 heterocycles. The van der Waals surface area contributed by atoms with Crippen LogP contribution in [0.3, 0.4) is 0 Å². The van der Waals surface area contributed by atoms with E-state index in [0.717, 1.165) is 12.5 Å². The number of hydrogen-bond donors (Lipinski definition) is 1. The Morgan fingerprint density at radius 2 is 1.59 bits per heavy atom. The van der Waals surface area contributed by atoms with Crippen molar-refractivity contribution in [1.29, 1.82) is 0 Å². The Morgan fingerprint density at radius 1 is 1.00 bits per heavy atom. The SMILES string of the molecule is CCCC(CCC)C[NH2+]Cc1ccccc1.[Cl-]. The molecule has 0 atom stereocenters. The molecule has 0 bridgehead atoms. The summed E-state index contributed by atoms with van der Waals surface area (Å²) in [6, 6.07) is 10.8. The number of rotatable bonds is 8. The molecule has 0 fully saturated rings. The van der Waals surface area contributed by atoms with Gasteiger partial charge in [-0.2, -0.15) is 0 Å². The zero-order valence-electron chi connectivity index (χ0n) is 11.2. The lowest BCUT2D eigenvalue weighted by molar-refractivity contribution is -0.676. The minimum atomic E-state index is 0. The molecule has 2 N–H and O–H groups in total. The third-order valence-corrected chi connectivity index (χ3v) is 3.12. The first-order valence-corrected chi connectivity index (χ1v) is 6.72. The average molecular weight is 256 g/mol. The Kier molecular flexibility index (Phi) is 10.3. The van der Waals surface area contributed by atoms with Crippen LogP contribution in [0.15, 0.2) is 30.3 Å². The normalized spacial score (nSPS) is 10.3. The first-order valence-electron chi connectivity index (χ1n) is 6.72. The summed E-state index contributed by atoms with van der Waals surface area (Å²) in [7, 11) is 0. The summed E-state index contributed by atoms with van der Waals surface area (Å²) in [5.41, 5.74) is 1.44. The maximum absolute atomic E-state index is 2.46. The van der Waals surface area contributed by atoms with Gasteiger partial charge in [-0.1, -0.05) is 57.0 Å². The van der Waals surface area contributed by atoms with Gasteiger partial charge in [0, 0.05) is 11.5 Å². The Bertz CT molecular complexity index is 255. The Morgan fingerprint density at radius 3 is 2.12 bits per heavy atom. The third-order valence-electron chi connectivity index (χ3n) is 3.12. The summed E-state index contributed by atoms with van der Waals surface area (Å²) in [5, 5.41) is 2.46. The Labute approximate surface area is 112 Å². The average Bonchev–Trinajstić information content (AvgIpc) is 2.31. The molecule has 1 aromatic carbocycles. The second kappa shape index (κ2) is 10.6. The molecule has 0 radical (unpaired) electrons. The van der Waals surface area contributed by atoms with Crippen molar-refractivity contribution in [3.05, 3.63) is 35.9 Å². The van der Waals surface area contributed by atoms with E-state index in [-0.39, 0.29) is 12.4 Å². The maximum Gasteiger partial charge on any atom is 0.101 e. The fourth-order valence-corrected chi connectivity index (χ4v) is 2.30. The van der Waals surface area contributed by atoms with Crippen molar-refractivity contribution in [1.82, 2.24) is 0 Å². The molecule has 0 aliphatic carbocycles. The van der Waals surface area contributed by atoms with E-state index >= 15 is 0 Å². The first kappa shape index (κ1) is 16.5. The summed E-state index contributed by atoms with van der Waals surface area (Å²) in [6.45, 7) is 7.00. The van der Waals surface area contributed by atoms with Crippen molar-refractivity contribution < 1.29 is 17.7 Å². The van der Waals surface area contributed by atoms with Gasteiger partial charge in [-0.15, -0.1) is 0 Å². The van der Waals surface area contributed by atoms with Gasteiger partial charge in [-0.05, 0) is 12.8 Å². The number of hydrogen-bond acceptors (Lipinski definition) is 0. The second-order valence-corrected chi connectivity index (χ2v) is 4.66. The van der Waals surface area contributed by atoms with E-state index < -0.39 is 0 Å². The standard InChI is InChI=1S/C15H25N.ClH/c1-3-8-14(9-4-2)12-16-13-15-10-6-5-7-11-15;/h5-7,10-11,14,16H,3-4,8-9,12-13H2,1-2H3;1H. The van der Waals surface area contributed by atoms with Gasteiger partial charge in [0.15, 0.2) is 0 Å². The second-order valence-electron chi connectivity index (χ2n) is 4.66. The van der Waals surface area contributed by atoms with E-state index in [1.807, 2.05) is 0 Å². The minimum absolute atomic E-state index is 0. The third kappa shape index (κ3) is 7.40. The lowest BCUT2D eigenvalue weighted by atomic mass is 9.98. The van der Waals surface area contributed by atoms with Crippen LogP contribution in [0.4, 0.5) is 0 Å². The quantitative estimate of drug-likeness (QED) is 0.672. The monoisotopic (exact) mass is 255 g/mol. The van der Waals surface area contributed by atoms with Crippen molar-refractivity contribution in [3.8, 4) is 0 Å². The summed E-state index contributed by atoms with van der Waals surface area (Å²) in [5.74, 6) is 0.915. The molecule has 98 valence electrons. The fourth-order valence-electron chi connectivity index (χ4n) is 2.30. The largest absolute Gasteiger partial charge is 1.00 e. The van der Waals surface area contributed by atoms with E-state index in [1.165, 1.54) is 37.8 Å². The van der Waals surface area contributed by atoms with Crippen LogP contribution in [0.5, 0.6) is 0 Å². The van der Waals surface area contributed by atoms with Crippen LogP contribution in [0.2, 0.25) is 0 Å². The zero-order chi connectivity index (χ0) is 11.6. The molecule has 0 aliphatic rings. The van der Waals surface area contributed by atoms with Crippen LogP contribution in [-0.4, -0.2) is 6.54 Å². The van der Waals surface area contributed by atoms with Gasteiger partial charge in [-0.25, -0.2) is 0 Å². The van der Waals surface area contributed by atoms with Gasteiger partial charge in [0.05, 0.1) is 6.54 Å². The molecule has 0 unspecified atom stereocenters. The van der Waals surface area contributed by atoms with Crippen LogP contribution in [0, 0.1) is 5.92 Å². The van der Waals surface area contributed by atoms with Crippen molar-refractivity contribution >= 4 is 0 Å². The van der Waals surface area contributed by atoms with E-state index in [2.05, 4.69) is 49.5 Å². The lowest BCUT2D eigenvalue weighted by Gasteiger charge is -2.13. The lowest BCUT2D eigenvalue weighted by Crippen LogP contribution is -3.00. The topological polar surface area (TPSA) is 16.6 Å². The highest BCUT2D eigenvalue weighted by Gasteiger charge is 2.08. The minimum Gasteiger partial charge on any atom is -1.00 e. The Balaban J connectivity index is 0.00000256. The fraction of sp³-hybridized carbons (Fsp3) is 0.600. The number of halogens is 1. The summed E-state index contributed by atoms with van der Waals surface area (Å²) in [4.78, 5) is 0. The summed E-state index contributed by atoms with van der Waals surface area (Å²) >= 11 is 0. The van der Waals surface area contributed by atoms with E-state index in [0.29, 0.717) is 0 Å². The van der Waals surface area contributed by atoms with Crippen LogP contribution >= 0.6 is 0 Å². The molecule has 0 spiro atoms. The Hall–Kier alpha value is -0.530. The van der Waals surface area contributed by atoms with Gasteiger partial charge in [0.25, 0.3) is 0 Å². The van der Waals surface area contributed by atoms with Gasteiger partial charge in [0.2, 0.25) is 0 Å². The number of benzene rings is 1. The van der Waals surface area contributed by atoms with Gasteiger partial charge >= 0.3 is 0 Å². The molecule has 2 heteroatoms. The van der Waals surface area contributed by atoms with Gasteiger partial charge in [-0.3, -0.25) is 0 Å². The van der Waals surface area contributed by atoms with Crippen LogP contribution in [0.1, 0.15) is 45.1 Å². The highest BCUT2D eigenvalue weighted by Crippen LogP contribution is 2.10. The molecular weight excluding hydrogens is 230 g/mol. The van der Waals surface area contributed by atoms with Crippen LogP contribution in [-0.2, 0) is 6.54 Å². The summed E-state index contributed by atoms with van der Waals surface area (Å²) in [6.07, 6.45) is 5.42. The molecule has 0 aromatic heterocycles. The van der Waals surface area contributed by atoms with Crippen LogP contribution < -0.4 is 17.7 Å². The van der Waals surface area contributed by atoms with Crippen molar-refractivity contribution in [2.24, 2.45) is 5.92 Å². The smallest absolute Gasteiger partial charge is 0.101 e. The van der Waals surface area contributed by atoms with Gasteiger partial charge in [0.1, 0.15) is 6.54 Å². The molecule has 1 rings (SSSR count). The number of nitrogens with two attached hydrogens (primary N) is 1. The molecule has 0 saturated heterocycles. The molecule has 0 amide bonds. The molecule has 1 aromatic rings. The highest BCUT2D eigenvalue weighted by atomic mass is 35.5. The van der Waals surface area contributed by atoms with Crippen molar-refractivity contribution in [2.75, 3.05) is 6.54 Å². The zero-order valence-corrected chi connectivity index (χ0v) is 11.9. The van der Waals surface area contributed by atoms with E-state index in [9.17, 15) is 0 Å². The molecule has 1 nitrogen and oxygen atoms in total. The predicted molar refractivity (Wildman–Crippen MR) is 70.2 cm³/mol. The molecule has 17 heavy (non-hydrogen) atoms. The highest BCUT2D eigenvalue weighted by molar-refractivity contribution is 5.12. The van der Waals surface area contributed by atoms with E-state index in [4.69, 9.17) is 0 Å². The van der Waals surface area contributed by atoms with E-state index in [1.54, 1.807) is 0 Å². The molecule has 0 saturated carbocycles.